The summed E-state index contributed by atoms with van der Waals surface area (Å²) >= 11 is 0. The van der Waals surface area contributed by atoms with Crippen LogP contribution in [0.1, 0.15) is 52.5 Å². The third-order valence-electron chi connectivity index (χ3n) is 6.71. The molecule has 1 aromatic heterocycles. The molecule has 3 rings (SSSR count). The summed E-state index contributed by atoms with van der Waals surface area (Å²) in [4.78, 5) is 11.9. The molecule has 30 heavy (non-hydrogen) atoms. The molecule has 168 valence electrons. The lowest BCUT2D eigenvalue weighted by atomic mass is 9.58. The zero-order valence-electron chi connectivity index (χ0n) is 19.1. The average molecular weight is 418 g/mol. The number of morpholine rings is 1. The third kappa shape index (κ3) is 4.89. The number of pyridine rings is 1. The number of rotatable bonds is 9. The normalized spacial score (nSPS) is 23.7. The Hall–Kier alpha value is -1.86. The van der Waals surface area contributed by atoms with Gasteiger partial charge in [0, 0.05) is 49.5 Å². The molecule has 1 aliphatic heterocycles. The molecule has 2 aliphatic rings. The number of aliphatic imine (C=N–C) groups is 1. The van der Waals surface area contributed by atoms with Crippen molar-refractivity contribution in [2.45, 2.75) is 65.6 Å². The van der Waals surface area contributed by atoms with Crippen molar-refractivity contribution < 1.29 is 9.47 Å². The summed E-state index contributed by atoms with van der Waals surface area (Å²) in [5.74, 6) is 1.90. The van der Waals surface area contributed by atoms with Crippen molar-refractivity contribution in [3.05, 3.63) is 23.9 Å². The highest BCUT2D eigenvalue weighted by molar-refractivity contribution is 5.80. The first kappa shape index (κ1) is 22.8. The molecular formula is C23H39N5O2. The maximum absolute atomic E-state index is 6.04. The second-order valence-corrected chi connectivity index (χ2v) is 8.10. The number of hydrogen-bond donors (Lipinski definition) is 2. The number of aromatic nitrogens is 1. The van der Waals surface area contributed by atoms with Crippen LogP contribution in [0.15, 0.2) is 23.3 Å². The standard InChI is InChI=1S/C23H39N5O2/c1-5-23(6-2)19(16-20(23)30-8-4)27-22(24-7-3)26-17-18-10-9-11-25-21(18)28-12-14-29-15-13-28/h9-11,19-20H,5-8,12-17H2,1-4H3,(H2,24,26,27). The topological polar surface area (TPSA) is 71.0 Å². The quantitative estimate of drug-likeness (QED) is 0.476. The Morgan fingerprint density at radius 1 is 1.27 bits per heavy atom. The Labute approximate surface area is 181 Å². The lowest BCUT2D eigenvalue weighted by Crippen LogP contribution is -2.65. The van der Waals surface area contributed by atoms with Gasteiger partial charge >= 0.3 is 0 Å². The molecule has 0 radical (unpaired) electrons. The van der Waals surface area contributed by atoms with Crippen LogP contribution in [0.2, 0.25) is 0 Å². The fourth-order valence-corrected chi connectivity index (χ4v) is 4.85. The van der Waals surface area contributed by atoms with Gasteiger partial charge in [0.1, 0.15) is 5.82 Å². The Morgan fingerprint density at radius 2 is 2.03 bits per heavy atom. The number of guanidine groups is 1. The molecule has 0 bridgehead atoms. The molecule has 1 aliphatic carbocycles. The number of nitrogens with zero attached hydrogens (tertiary/aromatic N) is 3. The monoisotopic (exact) mass is 417 g/mol. The fraction of sp³-hybridized carbons (Fsp3) is 0.739. The van der Waals surface area contributed by atoms with Crippen molar-refractivity contribution in [3.8, 4) is 0 Å². The smallest absolute Gasteiger partial charge is 0.191 e. The van der Waals surface area contributed by atoms with Crippen molar-refractivity contribution in [3.63, 3.8) is 0 Å². The van der Waals surface area contributed by atoms with Gasteiger partial charge in [-0.1, -0.05) is 19.9 Å². The van der Waals surface area contributed by atoms with Crippen molar-refractivity contribution in [1.82, 2.24) is 15.6 Å². The van der Waals surface area contributed by atoms with E-state index in [9.17, 15) is 0 Å². The van der Waals surface area contributed by atoms with Crippen LogP contribution < -0.4 is 15.5 Å². The lowest BCUT2D eigenvalue weighted by Gasteiger charge is -2.55. The molecule has 0 amide bonds. The minimum Gasteiger partial charge on any atom is -0.378 e. The van der Waals surface area contributed by atoms with Crippen LogP contribution in [0.25, 0.3) is 0 Å². The minimum atomic E-state index is 0.180. The van der Waals surface area contributed by atoms with E-state index in [0.717, 1.165) is 76.1 Å². The Bertz CT molecular complexity index is 686. The van der Waals surface area contributed by atoms with E-state index in [4.69, 9.17) is 14.5 Å². The first-order valence-corrected chi connectivity index (χ1v) is 11.6. The van der Waals surface area contributed by atoms with Gasteiger partial charge in [0.25, 0.3) is 0 Å². The first-order chi connectivity index (χ1) is 14.7. The molecule has 0 spiro atoms. The second kappa shape index (κ2) is 11.0. The predicted octanol–water partition coefficient (Wildman–Crippen LogP) is 2.96. The Morgan fingerprint density at radius 3 is 2.70 bits per heavy atom. The predicted molar refractivity (Wildman–Crippen MR) is 122 cm³/mol. The summed E-state index contributed by atoms with van der Waals surface area (Å²) < 4.78 is 11.5. The average Bonchev–Trinajstić information content (AvgIpc) is 2.78. The van der Waals surface area contributed by atoms with Gasteiger partial charge in [-0.2, -0.15) is 0 Å². The molecule has 1 aromatic rings. The molecule has 7 heteroatoms. The van der Waals surface area contributed by atoms with E-state index >= 15 is 0 Å². The Balaban J connectivity index is 1.71. The number of ether oxygens (including phenoxy) is 2. The molecule has 1 saturated carbocycles. The van der Waals surface area contributed by atoms with Crippen molar-refractivity contribution >= 4 is 11.8 Å². The Kier molecular flexibility index (Phi) is 8.33. The van der Waals surface area contributed by atoms with Gasteiger partial charge in [0.05, 0.1) is 25.9 Å². The van der Waals surface area contributed by atoms with E-state index in [1.54, 1.807) is 0 Å². The van der Waals surface area contributed by atoms with E-state index in [1.165, 1.54) is 0 Å². The van der Waals surface area contributed by atoms with E-state index in [0.29, 0.717) is 18.7 Å². The van der Waals surface area contributed by atoms with Crippen LogP contribution in [-0.2, 0) is 16.0 Å². The van der Waals surface area contributed by atoms with E-state index in [1.807, 2.05) is 12.3 Å². The van der Waals surface area contributed by atoms with Crippen LogP contribution in [-0.4, -0.2) is 62.5 Å². The molecule has 1 saturated heterocycles. The molecule has 2 heterocycles. The molecule has 7 nitrogen and oxygen atoms in total. The number of anilines is 1. The maximum Gasteiger partial charge on any atom is 0.191 e. The van der Waals surface area contributed by atoms with E-state index in [2.05, 4.69) is 54.3 Å². The summed E-state index contributed by atoms with van der Waals surface area (Å²) in [6.45, 7) is 14.2. The van der Waals surface area contributed by atoms with Crippen LogP contribution in [0.4, 0.5) is 5.82 Å². The molecular weight excluding hydrogens is 378 g/mol. The van der Waals surface area contributed by atoms with Gasteiger partial charge in [-0.3, -0.25) is 0 Å². The summed E-state index contributed by atoms with van der Waals surface area (Å²) in [6, 6.07) is 4.50. The highest BCUT2D eigenvalue weighted by Gasteiger charge is 2.53. The van der Waals surface area contributed by atoms with Gasteiger partial charge in [0.2, 0.25) is 0 Å². The fourth-order valence-electron chi connectivity index (χ4n) is 4.85. The van der Waals surface area contributed by atoms with Crippen molar-refractivity contribution in [2.75, 3.05) is 44.4 Å². The van der Waals surface area contributed by atoms with Crippen LogP contribution in [0.3, 0.4) is 0 Å². The van der Waals surface area contributed by atoms with E-state index in [-0.39, 0.29) is 5.41 Å². The lowest BCUT2D eigenvalue weighted by molar-refractivity contribution is -0.133. The summed E-state index contributed by atoms with van der Waals surface area (Å²) in [5.41, 5.74) is 1.33. The highest BCUT2D eigenvalue weighted by atomic mass is 16.5. The zero-order chi connectivity index (χ0) is 21.4. The van der Waals surface area contributed by atoms with Gasteiger partial charge in [-0.15, -0.1) is 0 Å². The van der Waals surface area contributed by atoms with Crippen LogP contribution in [0, 0.1) is 5.41 Å². The maximum atomic E-state index is 6.04. The number of hydrogen-bond acceptors (Lipinski definition) is 5. The minimum absolute atomic E-state index is 0.180. The molecule has 2 N–H and O–H groups in total. The molecule has 2 unspecified atom stereocenters. The first-order valence-electron chi connectivity index (χ1n) is 11.6. The zero-order valence-corrected chi connectivity index (χ0v) is 19.1. The summed E-state index contributed by atoms with van der Waals surface area (Å²) in [5, 5.41) is 7.14. The van der Waals surface area contributed by atoms with Crippen molar-refractivity contribution in [1.29, 1.82) is 0 Å². The van der Waals surface area contributed by atoms with Gasteiger partial charge in [-0.25, -0.2) is 9.98 Å². The van der Waals surface area contributed by atoms with Crippen molar-refractivity contribution in [2.24, 2.45) is 10.4 Å². The van der Waals surface area contributed by atoms with Gasteiger partial charge in [0.15, 0.2) is 5.96 Å². The van der Waals surface area contributed by atoms with Crippen LogP contribution >= 0.6 is 0 Å². The second-order valence-electron chi connectivity index (χ2n) is 8.10. The van der Waals surface area contributed by atoms with Gasteiger partial charge in [-0.05, 0) is 39.2 Å². The molecule has 2 fully saturated rings. The molecule has 2 atom stereocenters. The largest absolute Gasteiger partial charge is 0.378 e. The van der Waals surface area contributed by atoms with Crippen LogP contribution in [0.5, 0.6) is 0 Å². The summed E-state index contributed by atoms with van der Waals surface area (Å²) in [7, 11) is 0. The van der Waals surface area contributed by atoms with Gasteiger partial charge < -0.3 is 25.0 Å². The number of nitrogens with one attached hydrogen (secondary N) is 2. The molecule has 0 aromatic carbocycles. The highest BCUT2D eigenvalue weighted by Crippen LogP contribution is 2.48. The third-order valence-corrected chi connectivity index (χ3v) is 6.71. The van der Waals surface area contributed by atoms with E-state index < -0.39 is 0 Å². The summed E-state index contributed by atoms with van der Waals surface area (Å²) in [6.07, 6.45) is 5.44. The SMILES string of the molecule is CCNC(=NCc1cccnc1N1CCOCC1)NC1CC(OCC)C1(CC)CC.